The van der Waals surface area contributed by atoms with Crippen molar-refractivity contribution in [3.63, 3.8) is 0 Å². The molecule has 6 nitrogen and oxygen atoms in total. The molecule has 1 rings (SSSR count). The molecule has 0 aliphatic carbocycles. The van der Waals surface area contributed by atoms with Crippen molar-refractivity contribution in [2.45, 2.75) is 25.8 Å². The molecule has 0 radical (unpaired) electrons. The Morgan fingerprint density at radius 2 is 2.12 bits per heavy atom. The summed E-state index contributed by atoms with van der Waals surface area (Å²) in [5, 5.41) is 17.3. The molecule has 0 saturated heterocycles. The molecule has 0 fully saturated rings. The minimum atomic E-state index is -4.51. The highest BCUT2D eigenvalue weighted by atomic mass is 19.3. The van der Waals surface area contributed by atoms with E-state index in [9.17, 15) is 22.4 Å². The fourth-order valence-corrected chi connectivity index (χ4v) is 1.00. The number of nitrogens with zero attached hydrogens (tertiary/aromatic N) is 4. The zero-order chi connectivity index (χ0) is 13.2. The largest absolute Gasteiger partial charge is 0.481 e. The average molecular weight is 256 g/mol. The monoisotopic (exact) mass is 256 g/mol. The number of rotatable bonds is 5. The van der Waals surface area contributed by atoms with Gasteiger partial charge >= 0.3 is 18.3 Å². The summed E-state index contributed by atoms with van der Waals surface area (Å²) in [6.45, 7) is 0.703. The number of halogens is 4. The molecule has 1 aromatic rings. The van der Waals surface area contributed by atoms with Crippen molar-refractivity contribution in [1.82, 2.24) is 20.2 Å². The number of aliphatic carboxylic acids is 1. The molecule has 0 amide bonds. The van der Waals surface area contributed by atoms with Crippen molar-refractivity contribution >= 4 is 5.97 Å². The number of hydrogen-bond donors (Lipinski definition) is 1. The first-order valence-corrected chi connectivity index (χ1v) is 4.42. The average Bonchev–Trinajstić information content (AvgIpc) is 2.65. The van der Waals surface area contributed by atoms with Gasteiger partial charge < -0.3 is 5.11 Å². The van der Waals surface area contributed by atoms with Crippen LogP contribution in [-0.2, 0) is 17.3 Å². The summed E-state index contributed by atoms with van der Waals surface area (Å²) in [7, 11) is 0. The molecule has 0 aromatic carbocycles. The summed E-state index contributed by atoms with van der Waals surface area (Å²) in [5.41, 5.74) is 0. The van der Waals surface area contributed by atoms with E-state index in [1.165, 1.54) is 6.92 Å². The lowest BCUT2D eigenvalue weighted by molar-refractivity contribution is -0.146. The van der Waals surface area contributed by atoms with Gasteiger partial charge in [-0.3, -0.25) is 4.79 Å². The van der Waals surface area contributed by atoms with Gasteiger partial charge in [0.2, 0.25) is 5.82 Å². The molecule has 0 aliphatic heterocycles. The maximum atomic E-state index is 13.0. The molecular formula is C7H8F4N4O2. The van der Waals surface area contributed by atoms with Crippen molar-refractivity contribution in [1.29, 1.82) is 0 Å². The summed E-state index contributed by atoms with van der Waals surface area (Å²) >= 11 is 0. The molecule has 1 heterocycles. The normalized spacial score (nSPS) is 14.0. The van der Waals surface area contributed by atoms with Gasteiger partial charge in [-0.2, -0.15) is 8.78 Å². The van der Waals surface area contributed by atoms with E-state index in [1.807, 2.05) is 0 Å². The van der Waals surface area contributed by atoms with Crippen molar-refractivity contribution in [3.05, 3.63) is 5.82 Å². The Balaban J connectivity index is 2.97. The molecule has 0 saturated carbocycles. The molecule has 0 spiro atoms. The Kier molecular flexibility index (Phi) is 3.63. The van der Waals surface area contributed by atoms with Crippen LogP contribution >= 0.6 is 0 Å². The Hall–Kier alpha value is -1.74. The minimum Gasteiger partial charge on any atom is -0.481 e. The number of carboxylic acid groups (broad SMARTS) is 1. The van der Waals surface area contributed by atoms with Gasteiger partial charge in [-0.05, 0) is 10.4 Å². The van der Waals surface area contributed by atoms with E-state index >= 15 is 0 Å². The van der Waals surface area contributed by atoms with Crippen LogP contribution in [0.5, 0.6) is 0 Å². The van der Waals surface area contributed by atoms with Gasteiger partial charge in [0.25, 0.3) is 0 Å². The molecule has 17 heavy (non-hydrogen) atoms. The predicted molar refractivity (Wildman–Crippen MR) is 44.5 cm³/mol. The van der Waals surface area contributed by atoms with E-state index in [0.717, 1.165) is 0 Å². The van der Waals surface area contributed by atoms with Gasteiger partial charge in [-0.25, -0.2) is 13.5 Å². The van der Waals surface area contributed by atoms with Gasteiger partial charge in [0.05, 0.1) is 12.5 Å². The fraction of sp³-hybridized carbons (Fsp3) is 0.714. The van der Waals surface area contributed by atoms with E-state index in [4.69, 9.17) is 5.11 Å². The maximum Gasteiger partial charge on any atom is 0.367 e. The van der Waals surface area contributed by atoms with E-state index in [2.05, 4.69) is 15.5 Å². The van der Waals surface area contributed by atoms with Gasteiger partial charge in [0.15, 0.2) is 0 Å². The zero-order valence-corrected chi connectivity index (χ0v) is 8.52. The standard InChI is InChI=1S/C7H8F4N4O2/c1-3(4(16)17)2-15-6(12-13-14-15)7(10,11)5(8)9/h3,5H,2H2,1H3,(H,16,17). The van der Waals surface area contributed by atoms with Gasteiger partial charge in [0, 0.05) is 0 Å². The van der Waals surface area contributed by atoms with Crippen molar-refractivity contribution in [2.24, 2.45) is 5.92 Å². The number of alkyl halides is 4. The first-order valence-electron chi connectivity index (χ1n) is 4.42. The van der Waals surface area contributed by atoms with E-state index in [1.54, 1.807) is 0 Å². The van der Waals surface area contributed by atoms with Crippen LogP contribution < -0.4 is 0 Å². The van der Waals surface area contributed by atoms with Crippen LogP contribution in [0.2, 0.25) is 0 Å². The van der Waals surface area contributed by atoms with Gasteiger partial charge in [-0.15, -0.1) is 5.10 Å². The molecular weight excluding hydrogens is 248 g/mol. The van der Waals surface area contributed by atoms with Crippen LogP contribution in [0.3, 0.4) is 0 Å². The van der Waals surface area contributed by atoms with Crippen molar-refractivity contribution in [2.75, 3.05) is 0 Å². The third-order valence-corrected chi connectivity index (χ3v) is 1.97. The smallest absolute Gasteiger partial charge is 0.367 e. The van der Waals surface area contributed by atoms with E-state index < -0.39 is 36.6 Å². The van der Waals surface area contributed by atoms with Crippen LogP contribution in [0.15, 0.2) is 0 Å². The zero-order valence-electron chi connectivity index (χ0n) is 8.52. The summed E-state index contributed by atoms with van der Waals surface area (Å²) in [4.78, 5) is 10.5. The molecule has 1 atom stereocenters. The number of hydrogen-bond acceptors (Lipinski definition) is 4. The quantitative estimate of drug-likeness (QED) is 0.786. The van der Waals surface area contributed by atoms with Crippen LogP contribution in [0, 0.1) is 5.92 Å². The topological polar surface area (TPSA) is 80.9 Å². The highest BCUT2D eigenvalue weighted by Gasteiger charge is 2.48. The van der Waals surface area contributed by atoms with Crippen LogP contribution in [0.1, 0.15) is 12.7 Å². The lowest BCUT2D eigenvalue weighted by Gasteiger charge is -2.15. The number of carboxylic acids is 1. The molecule has 96 valence electrons. The first kappa shape index (κ1) is 13.3. The lowest BCUT2D eigenvalue weighted by atomic mass is 10.2. The summed E-state index contributed by atoms with van der Waals surface area (Å²) < 4.78 is 50.4. The lowest BCUT2D eigenvalue weighted by Crippen LogP contribution is -2.30. The third kappa shape index (κ3) is 2.68. The second-order valence-electron chi connectivity index (χ2n) is 3.35. The van der Waals surface area contributed by atoms with Crippen LogP contribution in [-0.4, -0.2) is 37.7 Å². The first-order chi connectivity index (χ1) is 7.76. The Morgan fingerprint density at radius 3 is 2.59 bits per heavy atom. The number of tetrazole rings is 1. The molecule has 10 heteroatoms. The molecule has 1 N–H and O–H groups in total. The van der Waals surface area contributed by atoms with Crippen molar-refractivity contribution in [3.8, 4) is 0 Å². The summed E-state index contributed by atoms with van der Waals surface area (Å²) in [6, 6.07) is 0. The number of carbonyl (C=O) groups is 1. The summed E-state index contributed by atoms with van der Waals surface area (Å²) in [6.07, 6.45) is -3.97. The second kappa shape index (κ2) is 4.63. The fourth-order valence-electron chi connectivity index (χ4n) is 1.00. The van der Waals surface area contributed by atoms with Crippen LogP contribution in [0.25, 0.3) is 0 Å². The Labute approximate surface area is 92.2 Å². The van der Waals surface area contributed by atoms with Gasteiger partial charge in [-0.1, -0.05) is 6.92 Å². The number of aromatic nitrogens is 4. The van der Waals surface area contributed by atoms with E-state index in [0.29, 0.717) is 4.68 Å². The Morgan fingerprint density at radius 1 is 1.53 bits per heavy atom. The van der Waals surface area contributed by atoms with Crippen LogP contribution in [0.4, 0.5) is 17.6 Å². The summed E-state index contributed by atoms with van der Waals surface area (Å²) in [5.74, 6) is -8.21. The molecule has 1 unspecified atom stereocenters. The minimum absolute atomic E-state index is 0.366. The molecule has 0 aliphatic rings. The van der Waals surface area contributed by atoms with Crippen molar-refractivity contribution < 1.29 is 27.5 Å². The highest BCUT2D eigenvalue weighted by molar-refractivity contribution is 5.69. The second-order valence-corrected chi connectivity index (χ2v) is 3.35. The SMILES string of the molecule is CC(Cn1nnnc1C(F)(F)C(F)F)C(=O)O. The maximum absolute atomic E-state index is 13.0. The van der Waals surface area contributed by atoms with E-state index in [-0.39, 0.29) is 0 Å². The third-order valence-electron chi connectivity index (χ3n) is 1.97. The highest BCUT2D eigenvalue weighted by Crippen LogP contribution is 2.32. The molecule has 0 bridgehead atoms. The molecule has 1 aromatic heterocycles. The predicted octanol–water partition coefficient (Wildman–Crippen LogP) is 0.751. The Bertz CT molecular complexity index is 408. The van der Waals surface area contributed by atoms with Gasteiger partial charge in [0.1, 0.15) is 0 Å².